The van der Waals surface area contributed by atoms with Gasteiger partial charge in [-0.05, 0) is 12.6 Å². The van der Waals surface area contributed by atoms with Gasteiger partial charge in [0.1, 0.15) is 0 Å². The minimum atomic E-state index is -0.423. The van der Waals surface area contributed by atoms with E-state index in [9.17, 15) is 5.11 Å². The summed E-state index contributed by atoms with van der Waals surface area (Å²) in [5.41, 5.74) is 2.20. The van der Waals surface area contributed by atoms with Gasteiger partial charge in [0, 0.05) is 31.0 Å². The van der Waals surface area contributed by atoms with Crippen molar-refractivity contribution in [3.63, 3.8) is 0 Å². The van der Waals surface area contributed by atoms with Gasteiger partial charge in [0.25, 0.3) is 0 Å². The second kappa shape index (κ2) is 7.50. The van der Waals surface area contributed by atoms with Gasteiger partial charge >= 0.3 is 0 Å². The number of aliphatic hydroxyl groups is 1. The van der Waals surface area contributed by atoms with Crippen LogP contribution in [-0.2, 0) is 17.8 Å². The van der Waals surface area contributed by atoms with E-state index in [1.807, 2.05) is 37.6 Å². The molecule has 0 aliphatic carbocycles. The number of aromatic nitrogens is 2. The first-order valence-electron chi connectivity index (χ1n) is 7.77. The van der Waals surface area contributed by atoms with Gasteiger partial charge in [-0.1, -0.05) is 30.3 Å². The molecule has 1 aromatic carbocycles. The van der Waals surface area contributed by atoms with E-state index < -0.39 is 6.10 Å². The predicted octanol–water partition coefficient (Wildman–Crippen LogP) is 1.28. The van der Waals surface area contributed by atoms with Gasteiger partial charge in [-0.2, -0.15) is 0 Å². The standard InChI is InChI=1S/C17H22N4O2/c1-21(15-11-23-12-16(15)22)10-14-8-19-17(20-9-14)18-7-13-5-3-2-4-6-13/h2-6,8-9,15-16,22H,7,10-12H2,1H3,(H,18,19,20)/t15-,16-/m0/s1. The lowest BCUT2D eigenvalue weighted by Crippen LogP contribution is -2.39. The Labute approximate surface area is 136 Å². The van der Waals surface area contributed by atoms with Gasteiger partial charge in [-0.15, -0.1) is 0 Å². The highest BCUT2D eigenvalue weighted by Crippen LogP contribution is 2.14. The molecule has 122 valence electrons. The maximum absolute atomic E-state index is 9.85. The zero-order valence-corrected chi connectivity index (χ0v) is 13.2. The maximum Gasteiger partial charge on any atom is 0.222 e. The van der Waals surface area contributed by atoms with Crippen LogP contribution < -0.4 is 5.32 Å². The molecule has 1 aliphatic rings. The van der Waals surface area contributed by atoms with E-state index in [2.05, 4.69) is 32.3 Å². The first kappa shape index (κ1) is 15.9. The Kier molecular flexibility index (Phi) is 5.17. The first-order valence-corrected chi connectivity index (χ1v) is 7.77. The fourth-order valence-corrected chi connectivity index (χ4v) is 2.66. The second-order valence-corrected chi connectivity index (χ2v) is 5.84. The van der Waals surface area contributed by atoms with Crippen LogP contribution in [0.3, 0.4) is 0 Å². The second-order valence-electron chi connectivity index (χ2n) is 5.84. The number of anilines is 1. The van der Waals surface area contributed by atoms with Crippen LogP contribution in [0.2, 0.25) is 0 Å². The van der Waals surface area contributed by atoms with Crippen molar-refractivity contribution in [2.75, 3.05) is 25.6 Å². The summed E-state index contributed by atoms with van der Waals surface area (Å²) in [5.74, 6) is 0.615. The molecular formula is C17H22N4O2. The van der Waals surface area contributed by atoms with Crippen LogP contribution in [0.1, 0.15) is 11.1 Å². The van der Waals surface area contributed by atoms with E-state index in [-0.39, 0.29) is 6.04 Å². The number of nitrogens with zero attached hydrogens (tertiary/aromatic N) is 3. The van der Waals surface area contributed by atoms with Crippen LogP contribution in [0.25, 0.3) is 0 Å². The Morgan fingerprint density at radius 1 is 1.17 bits per heavy atom. The Balaban J connectivity index is 1.52. The van der Waals surface area contributed by atoms with Crippen molar-refractivity contribution in [2.24, 2.45) is 0 Å². The number of aliphatic hydroxyl groups excluding tert-OH is 1. The molecule has 0 radical (unpaired) electrons. The highest BCUT2D eigenvalue weighted by Gasteiger charge is 2.29. The fourth-order valence-electron chi connectivity index (χ4n) is 2.66. The monoisotopic (exact) mass is 314 g/mol. The molecule has 1 aromatic heterocycles. The molecular weight excluding hydrogens is 292 g/mol. The molecule has 6 heteroatoms. The topological polar surface area (TPSA) is 70.5 Å². The van der Waals surface area contributed by atoms with Crippen LogP contribution in [-0.4, -0.2) is 52.4 Å². The number of ether oxygens (including phenoxy) is 1. The molecule has 1 aliphatic heterocycles. The Morgan fingerprint density at radius 2 is 1.91 bits per heavy atom. The summed E-state index contributed by atoms with van der Waals surface area (Å²) in [5, 5.41) is 13.1. The zero-order valence-electron chi connectivity index (χ0n) is 13.2. The van der Waals surface area contributed by atoms with Crippen molar-refractivity contribution in [3.05, 3.63) is 53.9 Å². The molecule has 1 fully saturated rings. The van der Waals surface area contributed by atoms with E-state index in [1.165, 1.54) is 5.56 Å². The number of rotatable bonds is 6. The van der Waals surface area contributed by atoms with Gasteiger partial charge in [0.15, 0.2) is 0 Å². The number of hydrogen-bond donors (Lipinski definition) is 2. The Hall–Kier alpha value is -2.02. The number of hydrogen-bond acceptors (Lipinski definition) is 6. The normalized spacial score (nSPS) is 20.8. The first-order chi connectivity index (χ1) is 11.2. The van der Waals surface area contributed by atoms with Crippen molar-refractivity contribution in [1.29, 1.82) is 0 Å². The molecule has 0 unspecified atom stereocenters. The lowest BCUT2D eigenvalue weighted by molar-refractivity contribution is 0.0924. The lowest BCUT2D eigenvalue weighted by Gasteiger charge is -2.25. The average molecular weight is 314 g/mol. The summed E-state index contributed by atoms with van der Waals surface area (Å²) in [6.45, 7) is 2.36. The van der Waals surface area contributed by atoms with Gasteiger partial charge in [0.2, 0.25) is 5.95 Å². The molecule has 0 amide bonds. The van der Waals surface area contributed by atoms with E-state index in [1.54, 1.807) is 0 Å². The third-order valence-corrected chi connectivity index (χ3v) is 4.02. The predicted molar refractivity (Wildman–Crippen MR) is 87.9 cm³/mol. The largest absolute Gasteiger partial charge is 0.389 e. The molecule has 0 saturated carbocycles. The molecule has 2 N–H and O–H groups in total. The number of nitrogens with one attached hydrogen (secondary N) is 1. The van der Waals surface area contributed by atoms with Crippen molar-refractivity contribution in [1.82, 2.24) is 14.9 Å². The average Bonchev–Trinajstić information content (AvgIpc) is 3.01. The Morgan fingerprint density at radius 3 is 2.57 bits per heavy atom. The minimum absolute atomic E-state index is 0.0332. The third-order valence-electron chi connectivity index (χ3n) is 4.02. The molecule has 1 saturated heterocycles. The van der Waals surface area contributed by atoms with Gasteiger partial charge in [-0.25, -0.2) is 9.97 Å². The molecule has 2 heterocycles. The number of benzene rings is 1. The van der Waals surface area contributed by atoms with Gasteiger partial charge in [0.05, 0.1) is 25.4 Å². The van der Waals surface area contributed by atoms with E-state index in [4.69, 9.17) is 4.74 Å². The van der Waals surface area contributed by atoms with Crippen LogP contribution in [0.4, 0.5) is 5.95 Å². The molecule has 2 atom stereocenters. The van der Waals surface area contributed by atoms with Crippen molar-refractivity contribution in [3.8, 4) is 0 Å². The Bertz CT molecular complexity index is 606. The van der Waals surface area contributed by atoms with Crippen molar-refractivity contribution in [2.45, 2.75) is 25.2 Å². The van der Waals surface area contributed by atoms with Crippen LogP contribution in [0.15, 0.2) is 42.7 Å². The molecule has 3 rings (SSSR count). The van der Waals surface area contributed by atoms with E-state index in [0.29, 0.717) is 32.3 Å². The van der Waals surface area contributed by atoms with Gasteiger partial charge in [-0.3, -0.25) is 4.90 Å². The van der Waals surface area contributed by atoms with Crippen LogP contribution >= 0.6 is 0 Å². The SMILES string of the molecule is CN(Cc1cnc(NCc2ccccc2)nc1)[C@H]1COC[C@@H]1O. The van der Waals surface area contributed by atoms with E-state index >= 15 is 0 Å². The summed E-state index contributed by atoms with van der Waals surface area (Å²) >= 11 is 0. The molecule has 0 bridgehead atoms. The zero-order chi connectivity index (χ0) is 16.1. The lowest BCUT2D eigenvalue weighted by atomic mass is 10.2. The molecule has 0 spiro atoms. The fraction of sp³-hybridized carbons (Fsp3) is 0.412. The van der Waals surface area contributed by atoms with Crippen LogP contribution in [0.5, 0.6) is 0 Å². The van der Waals surface area contributed by atoms with Crippen molar-refractivity contribution < 1.29 is 9.84 Å². The molecule has 2 aromatic rings. The summed E-state index contributed by atoms with van der Waals surface area (Å²) in [6, 6.07) is 10.2. The summed E-state index contributed by atoms with van der Waals surface area (Å²) in [4.78, 5) is 10.8. The summed E-state index contributed by atoms with van der Waals surface area (Å²) in [6.07, 6.45) is 3.21. The van der Waals surface area contributed by atoms with Crippen molar-refractivity contribution >= 4 is 5.95 Å². The van der Waals surface area contributed by atoms with Crippen LogP contribution in [0, 0.1) is 0 Å². The summed E-state index contributed by atoms with van der Waals surface area (Å²) < 4.78 is 5.29. The number of likely N-dealkylation sites (N-methyl/N-ethyl adjacent to an activating group) is 1. The minimum Gasteiger partial charge on any atom is -0.389 e. The highest BCUT2D eigenvalue weighted by molar-refractivity contribution is 5.27. The third kappa shape index (κ3) is 4.25. The smallest absolute Gasteiger partial charge is 0.222 e. The van der Waals surface area contributed by atoms with E-state index in [0.717, 1.165) is 5.56 Å². The highest BCUT2D eigenvalue weighted by atomic mass is 16.5. The summed E-state index contributed by atoms with van der Waals surface area (Å²) in [7, 11) is 1.98. The van der Waals surface area contributed by atoms with Gasteiger partial charge < -0.3 is 15.2 Å². The maximum atomic E-state index is 9.85. The molecule has 6 nitrogen and oxygen atoms in total. The quantitative estimate of drug-likeness (QED) is 0.837. The molecule has 23 heavy (non-hydrogen) atoms.